The van der Waals surface area contributed by atoms with E-state index in [0.29, 0.717) is 0 Å². The highest BCUT2D eigenvalue weighted by molar-refractivity contribution is 5.74. The van der Waals surface area contributed by atoms with Gasteiger partial charge < -0.3 is 49.5 Å². The third kappa shape index (κ3) is 13.6. The second-order valence-corrected chi connectivity index (χ2v) is 14.4. The molecule has 0 spiro atoms. The predicted molar refractivity (Wildman–Crippen MR) is 165 cm³/mol. The second kappa shape index (κ2) is 20.7. The molecule has 3 unspecified atom stereocenters. The van der Waals surface area contributed by atoms with Gasteiger partial charge in [-0.15, -0.1) is 0 Å². The van der Waals surface area contributed by atoms with Crippen LogP contribution in [0, 0.1) is 17.8 Å². The molecule has 3 saturated carbocycles. The Kier molecular flexibility index (Phi) is 17.1. The molecular formula is C35H54N3O10-5. The van der Waals surface area contributed by atoms with Crippen LogP contribution in [-0.4, -0.2) is 102 Å². The van der Waals surface area contributed by atoms with Crippen molar-refractivity contribution in [3.63, 3.8) is 0 Å². The zero-order chi connectivity index (χ0) is 35.1. The lowest BCUT2D eigenvalue weighted by Gasteiger charge is -2.41. The van der Waals surface area contributed by atoms with E-state index in [4.69, 9.17) is 0 Å². The summed E-state index contributed by atoms with van der Waals surface area (Å²) in [7, 11) is 0. The Morgan fingerprint density at radius 1 is 0.417 bits per heavy atom. The summed E-state index contributed by atoms with van der Waals surface area (Å²) in [6, 6.07) is -3.58. The van der Waals surface area contributed by atoms with Gasteiger partial charge in [-0.2, -0.15) is 0 Å². The first-order chi connectivity index (χ1) is 22.9. The summed E-state index contributed by atoms with van der Waals surface area (Å²) in [4.78, 5) is 65.0. The Morgan fingerprint density at radius 2 is 0.667 bits per heavy atom. The minimum Gasteiger partial charge on any atom is -0.549 e. The van der Waals surface area contributed by atoms with Gasteiger partial charge in [0.2, 0.25) is 0 Å². The van der Waals surface area contributed by atoms with E-state index < -0.39 is 61.1 Å². The number of carbonyl (C=O) groups is 5. The maximum absolute atomic E-state index is 12.7. The number of nitrogens with zero attached hydrogens (tertiary/aromatic N) is 3. The molecule has 13 nitrogen and oxygen atoms in total. The van der Waals surface area contributed by atoms with E-state index in [1.165, 1.54) is 9.80 Å². The molecule has 0 N–H and O–H groups in total. The summed E-state index contributed by atoms with van der Waals surface area (Å²) in [6.45, 7) is -1.82. The predicted octanol–water partition coefficient (Wildman–Crippen LogP) is -2.34. The Balaban J connectivity index is 1.85. The molecule has 0 aromatic heterocycles. The average molecular weight is 677 g/mol. The van der Waals surface area contributed by atoms with Crippen LogP contribution in [-0.2, 0) is 24.0 Å². The van der Waals surface area contributed by atoms with Gasteiger partial charge in [0.1, 0.15) is 0 Å². The van der Waals surface area contributed by atoms with Crippen LogP contribution in [0.5, 0.6) is 0 Å². The molecule has 0 amide bonds. The van der Waals surface area contributed by atoms with Crippen LogP contribution in [0.3, 0.4) is 0 Å². The number of hydrogen-bond acceptors (Lipinski definition) is 13. The van der Waals surface area contributed by atoms with Crippen LogP contribution >= 0.6 is 0 Å². The lowest BCUT2D eigenvalue weighted by molar-refractivity contribution is -0.317. The van der Waals surface area contributed by atoms with Crippen molar-refractivity contribution in [1.29, 1.82) is 0 Å². The Bertz CT molecular complexity index is 978. The first kappa shape index (κ1) is 39.7. The third-order valence-corrected chi connectivity index (χ3v) is 11.0. The van der Waals surface area contributed by atoms with Gasteiger partial charge in [0.15, 0.2) is 0 Å². The zero-order valence-corrected chi connectivity index (χ0v) is 28.4. The number of hydrogen-bond donors (Lipinski definition) is 0. The molecule has 3 fully saturated rings. The van der Waals surface area contributed by atoms with E-state index in [0.717, 1.165) is 96.3 Å². The van der Waals surface area contributed by atoms with Crippen LogP contribution in [0.15, 0.2) is 0 Å². The average Bonchev–Trinajstić information content (AvgIpc) is 3.05. The molecule has 0 aromatic carbocycles. The van der Waals surface area contributed by atoms with Gasteiger partial charge in [-0.25, -0.2) is 0 Å². The van der Waals surface area contributed by atoms with Crippen molar-refractivity contribution in [2.75, 3.05) is 39.3 Å². The highest BCUT2D eigenvalue weighted by Gasteiger charge is 2.31. The second-order valence-electron chi connectivity index (χ2n) is 14.4. The zero-order valence-electron chi connectivity index (χ0n) is 28.4. The summed E-state index contributed by atoms with van der Waals surface area (Å²) < 4.78 is 0. The number of carboxylic acids is 5. The maximum atomic E-state index is 12.7. The minimum absolute atomic E-state index is 0.0785. The van der Waals surface area contributed by atoms with Gasteiger partial charge in [-0.1, -0.05) is 96.3 Å². The summed E-state index contributed by atoms with van der Waals surface area (Å²) in [6.07, 6.45) is 14.6. The standard InChI is InChI=1S/C35H59N3O10/c39-31(40)23-37(29(34(45)46)21-26-12-6-2-7-13-26)18-16-36(28(33(43)44)20-25-10-4-1-5-11-25)17-19-38(24-32(41)42)30(35(47)48)22-27-14-8-3-9-15-27/h25-30H,1-24H2,(H,39,40)(H,41,42)(H,43,44)(H,45,46)(H,47,48)/p-5. The van der Waals surface area contributed by atoms with Crippen molar-refractivity contribution in [3.8, 4) is 0 Å². The van der Waals surface area contributed by atoms with Crippen molar-refractivity contribution in [2.24, 2.45) is 17.8 Å². The largest absolute Gasteiger partial charge is 0.549 e. The number of carbonyl (C=O) groups excluding carboxylic acids is 5. The summed E-state index contributed by atoms with van der Waals surface area (Å²) in [5.41, 5.74) is 0. The van der Waals surface area contributed by atoms with E-state index in [9.17, 15) is 49.5 Å². The Labute approximate surface area is 284 Å². The summed E-state index contributed by atoms with van der Waals surface area (Å²) in [5, 5.41) is 60.9. The fourth-order valence-corrected chi connectivity index (χ4v) is 8.36. The molecule has 3 aliphatic carbocycles. The number of carboxylic acid groups (broad SMARTS) is 5. The minimum atomic E-state index is -1.48. The van der Waals surface area contributed by atoms with Gasteiger partial charge in [-0.05, 0) is 37.0 Å². The third-order valence-electron chi connectivity index (χ3n) is 11.0. The van der Waals surface area contributed by atoms with E-state index in [1.54, 1.807) is 4.90 Å². The molecule has 3 aliphatic rings. The molecule has 274 valence electrons. The number of rotatable bonds is 22. The van der Waals surface area contributed by atoms with Crippen LogP contribution in [0.1, 0.15) is 116 Å². The smallest absolute Gasteiger partial charge is 0.0586 e. The molecular weight excluding hydrogens is 622 g/mol. The number of aliphatic carboxylic acids is 5. The van der Waals surface area contributed by atoms with Crippen molar-refractivity contribution in [2.45, 2.75) is 134 Å². The lowest BCUT2D eigenvalue weighted by atomic mass is 9.84. The Hall–Kier alpha value is -2.77. The molecule has 13 heteroatoms. The van der Waals surface area contributed by atoms with E-state index >= 15 is 0 Å². The molecule has 0 aromatic rings. The van der Waals surface area contributed by atoms with Crippen molar-refractivity contribution >= 4 is 29.8 Å². The summed E-state index contributed by atoms with van der Waals surface area (Å²) in [5.74, 6) is -6.84. The molecule has 3 atom stereocenters. The van der Waals surface area contributed by atoms with Gasteiger partial charge in [-0.3, -0.25) is 14.7 Å². The fraction of sp³-hybridized carbons (Fsp3) is 0.857. The van der Waals surface area contributed by atoms with Crippen molar-refractivity contribution in [3.05, 3.63) is 0 Å². The molecule has 0 saturated heterocycles. The molecule has 48 heavy (non-hydrogen) atoms. The first-order valence-electron chi connectivity index (χ1n) is 18.2. The van der Waals surface area contributed by atoms with Crippen molar-refractivity contribution < 1.29 is 49.5 Å². The van der Waals surface area contributed by atoms with Gasteiger partial charge in [0.05, 0.1) is 41.9 Å². The van der Waals surface area contributed by atoms with Gasteiger partial charge in [0.25, 0.3) is 0 Å². The molecule has 0 bridgehead atoms. The maximum Gasteiger partial charge on any atom is 0.0586 e. The van der Waals surface area contributed by atoms with Crippen LogP contribution in [0.4, 0.5) is 0 Å². The molecule has 3 rings (SSSR count). The monoisotopic (exact) mass is 676 g/mol. The molecule has 0 heterocycles. The van der Waals surface area contributed by atoms with E-state index in [1.807, 2.05) is 0 Å². The lowest BCUT2D eigenvalue weighted by Crippen LogP contribution is -2.58. The SMILES string of the molecule is O=C([O-])CN(CCN(CCN(CC(=O)[O-])C(CC1CCCCC1)C(=O)[O-])C(CC1CCCCC1)C(=O)[O-])C(CC1CCCCC1)C(=O)[O-]. The fourth-order valence-electron chi connectivity index (χ4n) is 8.36. The van der Waals surface area contributed by atoms with E-state index in [2.05, 4.69) is 0 Å². The van der Waals surface area contributed by atoms with E-state index in [-0.39, 0.29) is 63.2 Å². The highest BCUT2D eigenvalue weighted by Crippen LogP contribution is 2.31. The van der Waals surface area contributed by atoms with Crippen molar-refractivity contribution in [1.82, 2.24) is 14.7 Å². The molecule has 0 radical (unpaired) electrons. The quantitative estimate of drug-likeness (QED) is 0.118. The highest BCUT2D eigenvalue weighted by atomic mass is 16.4. The first-order valence-corrected chi connectivity index (χ1v) is 18.2. The Morgan fingerprint density at radius 3 is 0.917 bits per heavy atom. The van der Waals surface area contributed by atoms with Crippen LogP contribution in [0.2, 0.25) is 0 Å². The summed E-state index contributed by atoms with van der Waals surface area (Å²) >= 11 is 0. The van der Waals surface area contributed by atoms with Crippen LogP contribution < -0.4 is 25.5 Å². The molecule has 0 aliphatic heterocycles. The van der Waals surface area contributed by atoms with Gasteiger partial charge >= 0.3 is 0 Å². The van der Waals surface area contributed by atoms with Crippen LogP contribution in [0.25, 0.3) is 0 Å². The van der Waals surface area contributed by atoms with Gasteiger partial charge in [0, 0.05) is 45.3 Å². The topological polar surface area (TPSA) is 210 Å². The normalized spacial score (nSPS) is 20.5.